The van der Waals surface area contributed by atoms with Crippen molar-refractivity contribution >= 4 is 39.1 Å². The molecule has 2 N–H and O–H groups in total. The minimum atomic E-state index is -0.429. The minimum Gasteiger partial charge on any atom is -0.484 e. The van der Waals surface area contributed by atoms with Crippen LogP contribution in [0.4, 0.5) is 0 Å². The van der Waals surface area contributed by atoms with Gasteiger partial charge in [0.2, 0.25) is 0 Å². The van der Waals surface area contributed by atoms with Crippen molar-refractivity contribution in [2.45, 2.75) is 19.8 Å². The van der Waals surface area contributed by atoms with E-state index >= 15 is 0 Å². The van der Waals surface area contributed by atoms with Crippen LogP contribution in [0.3, 0.4) is 0 Å². The lowest BCUT2D eigenvalue weighted by atomic mass is 10.0. The molecule has 1 heterocycles. The first-order valence-electron chi connectivity index (χ1n) is 7.03. The zero-order chi connectivity index (χ0) is 16.8. The van der Waals surface area contributed by atoms with Gasteiger partial charge in [-0.15, -0.1) is 11.3 Å². The summed E-state index contributed by atoms with van der Waals surface area (Å²) in [5, 5.41) is 0. The van der Waals surface area contributed by atoms with Crippen LogP contribution < -0.4 is 15.6 Å². The fraction of sp³-hybridized carbons (Fsp3) is 0.250. The minimum absolute atomic E-state index is 0.171. The summed E-state index contributed by atoms with van der Waals surface area (Å²) in [5.41, 5.74) is 5.87. The first-order valence-corrected chi connectivity index (χ1v) is 8.64. The van der Waals surface area contributed by atoms with E-state index in [9.17, 15) is 9.59 Å². The zero-order valence-electron chi connectivity index (χ0n) is 12.8. The van der Waals surface area contributed by atoms with Gasteiger partial charge in [-0.1, -0.05) is 26.0 Å². The second-order valence-corrected chi connectivity index (χ2v) is 7.58. The Morgan fingerprint density at radius 2 is 1.83 bits per heavy atom. The lowest BCUT2D eigenvalue weighted by Crippen LogP contribution is -2.43. The van der Waals surface area contributed by atoms with Crippen molar-refractivity contribution in [2.24, 2.45) is 0 Å². The molecule has 0 atom stereocenters. The van der Waals surface area contributed by atoms with E-state index in [1.165, 1.54) is 16.9 Å². The van der Waals surface area contributed by atoms with E-state index in [-0.39, 0.29) is 12.5 Å². The fourth-order valence-corrected chi connectivity index (χ4v) is 3.04. The number of hydrazine groups is 1. The van der Waals surface area contributed by atoms with Crippen molar-refractivity contribution in [3.8, 4) is 5.75 Å². The SMILES string of the molecule is CC(C)c1ccc(OCC(=O)NNC(=O)c2ccc(Br)s2)cc1. The molecular weight excluding hydrogens is 380 g/mol. The van der Waals surface area contributed by atoms with Crippen LogP contribution in [0.5, 0.6) is 5.75 Å². The predicted molar refractivity (Wildman–Crippen MR) is 93.7 cm³/mol. The number of carbonyl (C=O) groups excluding carboxylic acids is 2. The number of hydrogen-bond donors (Lipinski definition) is 2. The summed E-state index contributed by atoms with van der Waals surface area (Å²) in [4.78, 5) is 23.9. The third kappa shape index (κ3) is 5.37. The average Bonchev–Trinajstić information content (AvgIpc) is 2.97. The molecule has 0 spiro atoms. The number of nitrogens with one attached hydrogen (secondary N) is 2. The molecule has 2 aromatic rings. The summed E-state index contributed by atoms with van der Waals surface area (Å²) in [6.45, 7) is 4.05. The number of benzene rings is 1. The van der Waals surface area contributed by atoms with Crippen molar-refractivity contribution < 1.29 is 14.3 Å². The average molecular weight is 397 g/mol. The molecule has 1 aromatic heterocycles. The molecule has 0 aliphatic rings. The quantitative estimate of drug-likeness (QED) is 0.760. The van der Waals surface area contributed by atoms with Crippen LogP contribution in [-0.4, -0.2) is 18.4 Å². The van der Waals surface area contributed by atoms with Gasteiger partial charge in [0.1, 0.15) is 5.75 Å². The monoisotopic (exact) mass is 396 g/mol. The van der Waals surface area contributed by atoms with Gasteiger partial charge in [-0.3, -0.25) is 20.4 Å². The summed E-state index contributed by atoms with van der Waals surface area (Å²) in [6, 6.07) is 11.0. The molecule has 0 aliphatic heterocycles. The number of hydrogen-bond acceptors (Lipinski definition) is 4. The maximum atomic E-state index is 11.8. The largest absolute Gasteiger partial charge is 0.484 e. The number of amides is 2. The Morgan fingerprint density at radius 1 is 1.13 bits per heavy atom. The molecule has 7 heteroatoms. The van der Waals surface area contributed by atoms with E-state index in [4.69, 9.17) is 4.74 Å². The van der Waals surface area contributed by atoms with Crippen LogP contribution in [0.1, 0.15) is 35.0 Å². The topological polar surface area (TPSA) is 67.4 Å². The molecule has 0 radical (unpaired) electrons. The molecule has 1 aromatic carbocycles. The van der Waals surface area contributed by atoms with Crippen molar-refractivity contribution in [1.82, 2.24) is 10.9 Å². The van der Waals surface area contributed by atoms with Crippen molar-refractivity contribution in [2.75, 3.05) is 6.61 Å². The molecule has 5 nitrogen and oxygen atoms in total. The van der Waals surface area contributed by atoms with Crippen LogP contribution in [0.25, 0.3) is 0 Å². The normalized spacial score (nSPS) is 10.4. The summed E-state index contributed by atoms with van der Waals surface area (Å²) < 4.78 is 6.23. The second kappa shape index (κ2) is 8.12. The van der Waals surface area contributed by atoms with Gasteiger partial charge in [0.25, 0.3) is 11.8 Å². The van der Waals surface area contributed by atoms with E-state index in [1.54, 1.807) is 12.1 Å². The Bertz CT molecular complexity index is 683. The number of halogens is 1. The van der Waals surface area contributed by atoms with Gasteiger partial charge in [-0.05, 0) is 51.7 Å². The lowest BCUT2D eigenvalue weighted by Gasteiger charge is -2.09. The van der Waals surface area contributed by atoms with Crippen molar-refractivity contribution in [3.05, 3.63) is 50.6 Å². The van der Waals surface area contributed by atoms with Crippen LogP contribution >= 0.6 is 27.3 Å². The molecule has 0 aliphatic carbocycles. The first-order chi connectivity index (χ1) is 11.0. The highest BCUT2D eigenvalue weighted by Crippen LogP contribution is 2.21. The number of thiophene rings is 1. The molecule has 0 fully saturated rings. The summed E-state index contributed by atoms with van der Waals surface area (Å²) in [5.74, 6) is 0.259. The molecule has 23 heavy (non-hydrogen) atoms. The summed E-state index contributed by atoms with van der Waals surface area (Å²) in [6.07, 6.45) is 0. The number of carbonyl (C=O) groups is 2. The molecule has 0 bridgehead atoms. The van der Waals surface area contributed by atoms with E-state index in [2.05, 4.69) is 40.6 Å². The maximum absolute atomic E-state index is 11.8. The Hall–Kier alpha value is -1.86. The Balaban J connectivity index is 1.75. The number of ether oxygens (including phenoxy) is 1. The summed E-state index contributed by atoms with van der Waals surface area (Å²) in [7, 11) is 0. The first kappa shape index (κ1) is 17.5. The van der Waals surface area contributed by atoms with Gasteiger partial charge in [0, 0.05) is 0 Å². The van der Waals surface area contributed by atoms with E-state index < -0.39 is 5.91 Å². The highest BCUT2D eigenvalue weighted by Gasteiger charge is 2.10. The Kier molecular flexibility index (Phi) is 6.18. The zero-order valence-corrected chi connectivity index (χ0v) is 15.2. The van der Waals surface area contributed by atoms with E-state index in [1.807, 2.05) is 24.3 Å². The van der Waals surface area contributed by atoms with Gasteiger partial charge in [-0.2, -0.15) is 0 Å². The molecule has 122 valence electrons. The van der Waals surface area contributed by atoms with E-state index in [0.29, 0.717) is 16.5 Å². The third-order valence-electron chi connectivity index (χ3n) is 3.03. The Labute approximate surface area is 147 Å². The van der Waals surface area contributed by atoms with Crippen molar-refractivity contribution in [1.29, 1.82) is 0 Å². The highest BCUT2D eigenvalue weighted by atomic mass is 79.9. The molecule has 0 saturated heterocycles. The van der Waals surface area contributed by atoms with Gasteiger partial charge in [-0.25, -0.2) is 0 Å². The molecule has 0 unspecified atom stereocenters. The van der Waals surface area contributed by atoms with Gasteiger partial charge in [0.15, 0.2) is 6.61 Å². The van der Waals surface area contributed by atoms with Gasteiger partial charge >= 0.3 is 0 Å². The van der Waals surface area contributed by atoms with Crippen LogP contribution in [-0.2, 0) is 4.79 Å². The fourth-order valence-electron chi connectivity index (χ4n) is 1.76. The molecule has 0 saturated carbocycles. The standard InChI is InChI=1S/C16H17BrN2O3S/c1-10(2)11-3-5-12(6-4-11)22-9-15(20)18-19-16(21)13-7-8-14(17)23-13/h3-8,10H,9H2,1-2H3,(H,18,20)(H,19,21). The second-order valence-electron chi connectivity index (χ2n) is 5.12. The van der Waals surface area contributed by atoms with Crippen molar-refractivity contribution in [3.63, 3.8) is 0 Å². The van der Waals surface area contributed by atoms with Gasteiger partial charge in [0.05, 0.1) is 8.66 Å². The maximum Gasteiger partial charge on any atom is 0.279 e. The smallest absolute Gasteiger partial charge is 0.279 e. The van der Waals surface area contributed by atoms with E-state index in [0.717, 1.165) is 3.79 Å². The summed E-state index contributed by atoms with van der Waals surface area (Å²) >= 11 is 4.56. The predicted octanol–water partition coefficient (Wildman–Crippen LogP) is 3.47. The number of rotatable bonds is 5. The lowest BCUT2D eigenvalue weighted by molar-refractivity contribution is -0.123. The molecule has 2 amide bonds. The van der Waals surface area contributed by atoms with Crippen LogP contribution in [0.15, 0.2) is 40.2 Å². The van der Waals surface area contributed by atoms with Crippen LogP contribution in [0.2, 0.25) is 0 Å². The molecule has 2 rings (SSSR count). The van der Waals surface area contributed by atoms with Crippen LogP contribution in [0, 0.1) is 0 Å². The Morgan fingerprint density at radius 3 is 2.39 bits per heavy atom. The third-order valence-corrected chi connectivity index (χ3v) is 4.65. The van der Waals surface area contributed by atoms with Gasteiger partial charge < -0.3 is 4.74 Å². The molecular formula is C16H17BrN2O3S. The highest BCUT2D eigenvalue weighted by molar-refractivity contribution is 9.11.